The number of amides is 2. The highest BCUT2D eigenvalue weighted by molar-refractivity contribution is 5.74. The maximum Gasteiger partial charge on any atom is 0.318 e. The highest BCUT2D eigenvalue weighted by Crippen LogP contribution is 2.11. The van der Waals surface area contributed by atoms with Crippen molar-refractivity contribution in [2.75, 3.05) is 7.05 Å². The molecule has 7 heteroatoms. The number of nitrogens with one attached hydrogen (secondary N) is 1. The molecule has 0 aromatic carbocycles. The summed E-state index contributed by atoms with van der Waals surface area (Å²) in [6, 6.07) is 3.42. The van der Waals surface area contributed by atoms with E-state index < -0.39 is 0 Å². The van der Waals surface area contributed by atoms with Gasteiger partial charge in [0.25, 0.3) is 0 Å². The van der Waals surface area contributed by atoms with Crippen molar-refractivity contribution in [2.45, 2.75) is 46.2 Å². The first kappa shape index (κ1) is 16.9. The third-order valence-electron chi connectivity index (χ3n) is 3.55. The first-order valence-corrected chi connectivity index (χ1v) is 7.81. The number of hydrogen-bond donors (Lipinski definition) is 1. The number of urea groups is 1. The van der Waals surface area contributed by atoms with Gasteiger partial charge in [-0.05, 0) is 25.0 Å². The van der Waals surface area contributed by atoms with Crippen molar-refractivity contribution in [1.82, 2.24) is 25.3 Å². The second-order valence-electron chi connectivity index (χ2n) is 5.44. The summed E-state index contributed by atoms with van der Waals surface area (Å²) in [5.41, 5.74) is 2.02. The van der Waals surface area contributed by atoms with E-state index in [0.29, 0.717) is 24.7 Å². The largest absolute Gasteiger partial charge is 0.337 e. The molecule has 0 saturated carbocycles. The SMILES string of the molecule is CCc1ccc(CN(C)C(=O)N[C@H](C)c2nc(CC)no2)nc1. The zero-order valence-electron chi connectivity index (χ0n) is 14.0. The van der Waals surface area contributed by atoms with Crippen LogP contribution >= 0.6 is 0 Å². The number of hydrogen-bond acceptors (Lipinski definition) is 5. The molecule has 124 valence electrons. The number of aryl methyl sites for hydroxylation is 2. The maximum absolute atomic E-state index is 12.2. The Bertz CT molecular complexity index is 638. The van der Waals surface area contributed by atoms with Gasteiger partial charge in [0.15, 0.2) is 5.82 Å². The van der Waals surface area contributed by atoms with Gasteiger partial charge in [-0.25, -0.2) is 4.79 Å². The van der Waals surface area contributed by atoms with Gasteiger partial charge in [-0.2, -0.15) is 4.98 Å². The zero-order valence-corrected chi connectivity index (χ0v) is 14.0. The molecular weight excluding hydrogens is 294 g/mol. The normalized spacial score (nSPS) is 12.0. The molecule has 0 fully saturated rings. The minimum absolute atomic E-state index is 0.213. The van der Waals surface area contributed by atoms with Crippen LogP contribution in [0.4, 0.5) is 4.79 Å². The Labute approximate surface area is 136 Å². The van der Waals surface area contributed by atoms with Crippen molar-refractivity contribution >= 4 is 6.03 Å². The average molecular weight is 317 g/mol. The van der Waals surface area contributed by atoms with Crippen LogP contribution in [0, 0.1) is 0 Å². The van der Waals surface area contributed by atoms with Gasteiger partial charge in [-0.3, -0.25) is 4.98 Å². The van der Waals surface area contributed by atoms with Crippen molar-refractivity contribution < 1.29 is 9.32 Å². The van der Waals surface area contributed by atoms with Crippen LogP contribution in [0.1, 0.15) is 49.8 Å². The number of rotatable bonds is 6. The Balaban J connectivity index is 1.90. The molecule has 1 atom stereocenters. The highest BCUT2D eigenvalue weighted by Gasteiger charge is 2.18. The van der Waals surface area contributed by atoms with E-state index in [0.717, 1.165) is 12.1 Å². The van der Waals surface area contributed by atoms with Gasteiger partial charge in [0, 0.05) is 19.7 Å². The second-order valence-corrected chi connectivity index (χ2v) is 5.44. The van der Waals surface area contributed by atoms with Gasteiger partial charge in [-0.15, -0.1) is 0 Å². The standard InChI is InChI=1S/C16H23N5O2/c1-5-12-7-8-13(17-9-12)10-21(4)16(22)18-11(3)15-19-14(6-2)20-23-15/h7-9,11H,5-6,10H2,1-4H3,(H,18,22)/t11-/m1/s1. The molecular formula is C16H23N5O2. The van der Waals surface area contributed by atoms with E-state index in [2.05, 4.69) is 27.4 Å². The van der Waals surface area contributed by atoms with E-state index in [1.807, 2.05) is 32.2 Å². The summed E-state index contributed by atoms with van der Waals surface area (Å²) >= 11 is 0. The molecule has 0 radical (unpaired) electrons. The lowest BCUT2D eigenvalue weighted by Crippen LogP contribution is -2.38. The van der Waals surface area contributed by atoms with Crippen molar-refractivity contribution in [1.29, 1.82) is 0 Å². The van der Waals surface area contributed by atoms with E-state index >= 15 is 0 Å². The second kappa shape index (κ2) is 7.71. The molecule has 2 rings (SSSR count). The summed E-state index contributed by atoms with van der Waals surface area (Å²) in [5.74, 6) is 1.05. The number of aromatic nitrogens is 3. The van der Waals surface area contributed by atoms with Crippen molar-refractivity contribution in [3.05, 3.63) is 41.3 Å². The number of nitrogens with zero attached hydrogens (tertiary/aromatic N) is 4. The van der Waals surface area contributed by atoms with E-state index in [1.54, 1.807) is 11.9 Å². The fourth-order valence-electron chi connectivity index (χ4n) is 2.02. The Morgan fingerprint density at radius 1 is 1.35 bits per heavy atom. The summed E-state index contributed by atoms with van der Waals surface area (Å²) in [6.07, 6.45) is 3.49. The molecule has 0 unspecified atom stereocenters. The van der Waals surface area contributed by atoms with Crippen molar-refractivity contribution in [3.63, 3.8) is 0 Å². The summed E-state index contributed by atoms with van der Waals surface area (Å²) in [7, 11) is 1.72. The predicted molar refractivity (Wildman–Crippen MR) is 85.7 cm³/mol. The molecule has 7 nitrogen and oxygen atoms in total. The third-order valence-corrected chi connectivity index (χ3v) is 3.55. The van der Waals surface area contributed by atoms with Crippen LogP contribution in [-0.4, -0.2) is 33.1 Å². The van der Waals surface area contributed by atoms with Gasteiger partial charge < -0.3 is 14.7 Å². The van der Waals surface area contributed by atoms with Gasteiger partial charge in [-0.1, -0.05) is 25.1 Å². The fourth-order valence-corrected chi connectivity index (χ4v) is 2.02. The lowest BCUT2D eigenvalue weighted by molar-refractivity contribution is 0.200. The van der Waals surface area contributed by atoms with Crippen molar-refractivity contribution in [2.24, 2.45) is 0 Å². The summed E-state index contributed by atoms with van der Waals surface area (Å²) < 4.78 is 5.14. The molecule has 1 N–H and O–H groups in total. The third kappa shape index (κ3) is 4.51. The van der Waals surface area contributed by atoms with Crippen LogP contribution in [-0.2, 0) is 19.4 Å². The minimum Gasteiger partial charge on any atom is -0.337 e. The zero-order chi connectivity index (χ0) is 16.8. The maximum atomic E-state index is 12.2. The molecule has 0 bridgehead atoms. The van der Waals surface area contributed by atoms with Crippen LogP contribution in [0.15, 0.2) is 22.9 Å². The van der Waals surface area contributed by atoms with Gasteiger partial charge in [0.05, 0.1) is 12.2 Å². The van der Waals surface area contributed by atoms with E-state index in [-0.39, 0.29) is 12.1 Å². The Hall–Kier alpha value is -2.44. The van der Waals surface area contributed by atoms with Gasteiger partial charge >= 0.3 is 6.03 Å². The van der Waals surface area contributed by atoms with Gasteiger partial charge in [0.2, 0.25) is 5.89 Å². The number of carbonyl (C=O) groups excluding carboxylic acids is 1. The monoisotopic (exact) mass is 317 g/mol. The average Bonchev–Trinajstić information content (AvgIpc) is 3.04. The number of pyridine rings is 1. The summed E-state index contributed by atoms with van der Waals surface area (Å²) in [4.78, 5) is 22.4. The van der Waals surface area contributed by atoms with Crippen LogP contribution in [0.2, 0.25) is 0 Å². The molecule has 0 aliphatic rings. The Morgan fingerprint density at radius 2 is 2.13 bits per heavy atom. The summed E-state index contributed by atoms with van der Waals surface area (Å²) in [6.45, 7) is 6.28. The first-order valence-electron chi connectivity index (χ1n) is 7.81. The van der Waals surface area contributed by atoms with Crippen LogP contribution in [0.25, 0.3) is 0 Å². The number of carbonyl (C=O) groups is 1. The minimum atomic E-state index is -0.340. The molecule has 2 aromatic heterocycles. The molecule has 0 spiro atoms. The topological polar surface area (TPSA) is 84.2 Å². The highest BCUT2D eigenvalue weighted by atomic mass is 16.5. The van der Waals surface area contributed by atoms with Crippen molar-refractivity contribution in [3.8, 4) is 0 Å². The van der Waals surface area contributed by atoms with Crippen LogP contribution in [0.3, 0.4) is 0 Å². The van der Waals surface area contributed by atoms with Crippen LogP contribution < -0.4 is 5.32 Å². The Kier molecular flexibility index (Phi) is 5.67. The van der Waals surface area contributed by atoms with Crippen LogP contribution in [0.5, 0.6) is 0 Å². The van der Waals surface area contributed by atoms with Gasteiger partial charge in [0.1, 0.15) is 6.04 Å². The molecule has 0 aliphatic carbocycles. The first-order chi connectivity index (χ1) is 11.0. The molecule has 0 saturated heterocycles. The smallest absolute Gasteiger partial charge is 0.318 e. The quantitative estimate of drug-likeness (QED) is 0.885. The Morgan fingerprint density at radius 3 is 2.70 bits per heavy atom. The summed E-state index contributed by atoms with van der Waals surface area (Å²) in [5, 5.41) is 6.67. The molecule has 2 heterocycles. The molecule has 2 amide bonds. The lowest BCUT2D eigenvalue weighted by Gasteiger charge is -2.19. The van der Waals surface area contributed by atoms with E-state index in [9.17, 15) is 4.79 Å². The molecule has 2 aromatic rings. The van der Waals surface area contributed by atoms with E-state index in [1.165, 1.54) is 5.56 Å². The molecule has 0 aliphatic heterocycles. The predicted octanol–water partition coefficient (Wildman–Crippen LogP) is 2.49. The lowest BCUT2D eigenvalue weighted by atomic mass is 10.2. The van der Waals surface area contributed by atoms with E-state index in [4.69, 9.17) is 4.52 Å². The fraction of sp³-hybridized carbons (Fsp3) is 0.500. The molecule has 23 heavy (non-hydrogen) atoms.